The number of nitrogens with one attached hydrogen (secondary N) is 1. The Bertz CT molecular complexity index is 653. The number of ether oxygens (including phenoxy) is 1. The molecule has 2 rings (SSSR count). The summed E-state index contributed by atoms with van der Waals surface area (Å²) in [6, 6.07) is 16.4. The SMILES string of the molecule is CCc1ccc(O[C@H](CC)C(=O)NCCSc2ccc(C)cc2)cc1. The number of thioether (sulfide) groups is 1. The molecular weight excluding hydrogens is 330 g/mol. The van der Waals surface area contributed by atoms with Crippen LogP contribution in [0.4, 0.5) is 0 Å². The second-order valence-electron chi connectivity index (χ2n) is 5.96. The Morgan fingerprint density at radius 3 is 2.36 bits per heavy atom. The summed E-state index contributed by atoms with van der Waals surface area (Å²) >= 11 is 1.74. The number of carbonyl (C=O) groups excluding carboxylic acids is 1. The minimum atomic E-state index is -0.447. The minimum absolute atomic E-state index is 0.0495. The molecular formula is C21H27NO2S. The maximum atomic E-state index is 12.3. The molecule has 0 radical (unpaired) electrons. The highest BCUT2D eigenvalue weighted by Crippen LogP contribution is 2.18. The van der Waals surface area contributed by atoms with Crippen LogP contribution < -0.4 is 10.1 Å². The summed E-state index contributed by atoms with van der Waals surface area (Å²) in [5, 5.41) is 2.97. The summed E-state index contributed by atoms with van der Waals surface area (Å²) in [6.07, 6.45) is 1.19. The Balaban J connectivity index is 1.75. The smallest absolute Gasteiger partial charge is 0.261 e. The van der Waals surface area contributed by atoms with E-state index in [1.165, 1.54) is 16.0 Å². The lowest BCUT2D eigenvalue weighted by atomic mass is 10.2. The summed E-state index contributed by atoms with van der Waals surface area (Å²) in [6.45, 7) is 6.79. The Morgan fingerprint density at radius 1 is 1.08 bits per heavy atom. The van der Waals surface area contributed by atoms with Gasteiger partial charge in [0.1, 0.15) is 5.75 Å². The normalized spacial score (nSPS) is 11.8. The minimum Gasteiger partial charge on any atom is -0.481 e. The predicted molar refractivity (Wildman–Crippen MR) is 105 cm³/mol. The lowest BCUT2D eigenvalue weighted by molar-refractivity contribution is -0.127. The maximum Gasteiger partial charge on any atom is 0.261 e. The van der Waals surface area contributed by atoms with Gasteiger partial charge < -0.3 is 10.1 Å². The summed E-state index contributed by atoms with van der Waals surface area (Å²) in [5.74, 6) is 1.54. The highest BCUT2D eigenvalue weighted by Gasteiger charge is 2.17. The molecule has 0 aliphatic heterocycles. The highest BCUT2D eigenvalue weighted by molar-refractivity contribution is 7.99. The molecule has 25 heavy (non-hydrogen) atoms. The fourth-order valence-corrected chi connectivity index (χ4v) is 3.15. The van der Waals surface area contributed by atoms with Crippen molar-refractivity contribution >= 4 is 17.7 Å². The molecule has 0 unspecified atom stereocenters. The molecule has 2 aromatic carbocycles. The zero-order chi connectivity index (χ0) is 18.1. The van der Waals surface area contributed by atoms with Gasteiger partial charge in [0.15, 0.2) is 6.10 Å². The Kier molecular flexibility index (Phi) is 7.86. The van der Waals surface area contributed by atoms with E-state index in [4.69, 9.17) is 4.74 Å². The molecule has 4 heteroatoms. The lowest BCUT2D eigenvalue weighted by Crippen LogP contribution is -2.39. The van der Waals surface area contributed by atoms with E-state index in [0.29, 0.717) is 13.0 Å². The monoisotopic (exact) mass is 357 g/mol. The van der Waals surface area contributed by atoms with Crippen LogP contribution in [0.5, 0.6) is 5.75 Å². The van der Waals surface area contributed by atoms with Gasteiger partial charge in [0.2, 0.25) is 0 Å². The third kappa shape index (κ3) is 6.46. The van der Waals surface area contributed by atoms with Crippen LogP contribution in [0.15, 0.2) is 53.4 Å². The Morgan fingerprint density at radius 2 is 1.76 bits per heavy atom. The number of hydrogen-bond acceptors (Lipinski definition) is 3. The third-order valence-corrected chi connectivity index (χ3v) is 4.98. The molecule has 0 spiro atoms. The van der Waals surface area contributed by atoms with Crippen LogP contribution in [0, 0.1) is 6.92 Å². The second kappa shape index (κ2) is 10.1. The molecule has 1 atom stereocenters. The summed E-state index contributed by atoms with van der Waals surface area (Å²) < 4.78 is 5.83. The number of amides is 1. The number of hydrogen-bond donors (Lipinski definition) is 1. The van der Waals surface area contributed by atoms with E-state index in [9.17, 15) is 4.79 Å². The molecule has 0 saturated carbocycles. The van der Waals surface area contributed by atoms with Gasteiger partial charge in [0, 0.05) is 17.2 Å². The van der Waals surface area contributed by atoms with Gasteiger partial charge in [0.25, 0.3) is 5.91 Å². The van der Waals surface area contributed by atoms with Crippen LogP contribution in [-0.4, -0.2) is 24.3 Å². The van der Waals surface area contributed by atoms with Gasteiger partial charge in [-0.15, -0.1) is 11.8 Å². The van der Waals surface area contributed by atoms with Gasteiger partial charge in [-0.1, -0.05) is 43.7 Å². The van der Waals surface area contributed by atoms with E-state index in [2.05, 4.69) is 43.4 Å². The lowest BCUT2D eigenvalue weighted by Gasteiger charge is -2.17. The van der Waals surface area contributed by atoms with E-state index in [0.717, 1.165) is 17.9 Å². The Labute approximate surface area is 155 Å². The first-order valence-electron chi connectivity index (χ1n) is 8.85. The van der Waals surface area contributed by atoms with Crippen molar-refractivity contribution in [3.8, 4) is 5.75 Å². The van der Waals surface area contributed by atoms with Crippen LogP contribution in [0.3, 0.4) is 0 Å². The van der Waals surface area contributed by atoms with Crippen LogP contribution >= 0.6 is 11.8 Å². The number of rotatable bonds is 9. The standard InChI is InChI=1S/C21H27NO2S/c1-4-17-8-10-18(11-9-17)24-20(5-2)21(23)22-14-15-25-19-12-6-16(3)7-13-19/h6-13,20H,4-5,14-15H2,1-3H3,(H,22,23)/t20-/m1/s1. The molecule has 0 aromatic heterocycles. The molecule has 134 valence electrons. The number of aryl methyl sites for hydroxylation is 2. The topological polar surface area (TPSA) is 38.3 Å². The molecule has 1 amide bonds. The van der Waals surface area contributed by atoms with Crippen LogP contribution in [0.1, 0.15) is 31.4 Å². The number of benzene rings is 2. The first-order valence-corrected chi connectivity index (χ1v) is 9.83. The number of carbonyl (C=O) groups is 1. The van der Waals surface area contributed by atoms with E-state index in [1.807, 2.05) is 31.2 Å². The molecule has 1 N–H and O–H groups in total. The van der Waals surface area contributed by atoms with Crippen molar-refractivity contribution in [2.45, 2.75) is 44.6 Å². The first-order chi connectivity index (χ1) is 12.1. The van der Waals surface area contributed by atoms with Crippen LogP contribution in [-0.2, 0) is 11.2 Å². The largest absolute Gasteiger partial charge is 0.481 e. The molecule has 0 heterocycles. The van der Waals surface area contributed by atoms with E-state index < -0.39 is 6.10 Å². The third-order valence-electron chi connectivity index (χ3n) is 3.96. The zero-order valence-electron chi connectivity index (χ0n) is 15.2. The zero-order valence-corrected chi connectivity index (χ0v) is 16.1. The van der Waals surface area contributed by atoms with Gasteiger partial charge in [-0.05, 0) is 49.6 Å². The van der Waals surface area contributed by atoms with E-state index in [-0.39, 0.29) is 5.91 Å². The molecule has 2 aromatic rings. The van der Waals surface area contributed by atoms with Crippen LogP contribution in [0.25, 0.3) is 0 Å². The predicted octanol–water partition coefficient (Wildman–Crippen LogP) is 4.62. The van der Waals surface area contributed by atoms with Gasteiger partial charge in [-0.3, -0.25) is 4.79 Å². The maximum absolute atomic E-state index is 12.3. The quantitative estimate of drug-likeness (QED) is 0.525. The first kappa shape index (κ1) is 19.4. The van der Waals surface area contributed by atoms with Crippen molar-refractivity contribution in [1.82, 2.24) is 5.32 Å². The molecule has 0 saturated heterocycles. The van der Waals surface area contributed by atoms with E-state index >= 15 is 0 Å². The molecule has 3 nitrogen and oxygen atoms in total. The summed E-state index contributed by atoms with van der Waals surface area (Å²) in [7, 11) is 0. The molecule has 0 aliphatic carbocycles. The summed E-state index contributed by atoms with van der Waals surface area (Å²) in [5.41, 5.74) is 2.52. The van der Waals surface area contributed by atoms with Crippen molar-refractivity contribution in [3.05, 3.63) is 59.7 Å². The van der Waals surface area contributed by atoms with E-state index in [1.54, 1.807) is 11.8 Å². The fraction of sp³-hybridized carbons (Fsp3) is 0.381. The molecule has 0 fully saturated rings. The van der Waals surface area contributed by atoms with Crippen molar-refractivity contribution in [2.24, 2.45) is 0 Å². The molecule has 0 aliphatic rings. The van der Waals surface area contributed by atoms with Gasteiger partial charge in [-0.25, -0.2) is 0 Å². The van der Waals surface area contributed by atoms with Crippen LogP contribution in [0.2, 0.25) is 0 Å². The fourth-order valence-electron chi connectivity index (χ4n) is 2.38. The summed E-state index contributed by atoms with van der Waals surface area (Å²) in [4.78, 5) is 13.5. The average molecular weight is 358 g/mol. The second-order valence-corrected chi connectivity index (χ2v) is 7.13. The average Bonchev–Trinajstić information content (AvgIpc) is 2.65. The highest BCUT2D eigenvalue weighted by atomic mass is 32.2. The Hall–Kier alpha value is -1.94. The van der Waals surface area contributed by atoms with Crippen molar-refractivity contribution in [1.29, 1.82) is 0 Å². The van der Waals surface area contributed by atoms with Gasteiger partial charge in [0.05, 0.1) is 0 Å². The molecule has 0 bridgehead atoms. The van der Waals surface area contributed by atoms with Crippen molar-refractivity contribution < 1.29 is 9.53 Å². The van der Waals surface area contributed by atoms with Gasteiger partial charge >= 0.3 is 0 Å². The van der Waals surface area contributed by atoms with Gasteiger partial charge in [-0.2, -0.15) is 0 Å². The van der Waals surface area contributed by atoms with Crippen molar-refractivity contribution in [3.63, 3.8) is 0 Å². The van der Waals surface area contributed by atoms with Crippen molar-refractivity contribution in [2.75, 3.05) is 12.3 Å².